The molecule has 0 unspecified atom stereocenters. The van der Waals surface area contributed by atoms with Gasteiger partial charge in [0.15, 0.2) is 5.65 Å². The Morgan fingerprint density at radius 1 is 1.38 bits per heavy atom. The number of para-hydroxylation sites is 1. The van der Waals surface area contributed by atoms with E-state index >= 15 is 0 Å². The predicted molar refractivity (Wildman–Crippen MR) is 91.3 cm³/mol. The number of hydrogen-bond acceptors (Lipinski definition) is 4. The van der Waals surface area contributed by atoms with Crippen molar-refractivity contribution in [2.75, 3.05) is 20.3 Å². The Labute approximate surface area is 138 Å². The highest BCUT2D eigenvalue weighted by atomic mass is 16.5. The molecule has 0 aliphatic rings. The molecule has 1 atom stereocenters. The number of benzene rings is 1. The van der Waals surface area contributed by atoms with Crippen LogP contribution in [0.4, 0.5) is 0 Å². The van der Waals surface area contributed by atoms with Gasteiger partial charge in [0.25, 0.3) is 5.56 Å². The quantitative estimate of drug-likeness (QED) is 0.716. The van der Waals surface area contributed by atoms with E-state index in [9.17, 15) is 9.59 Å². The summed E-state index contributed by atoms with van der Waals surface area (Å²) in [5, 5.41) is 3.69. The summed E-state index contributed by atoms with van der Waals surface area (Å²) in [6, 6.07) is 8.63. The largest absolute Gasteiger partial charge is 0.383 e. The summed E-state index contributed by atoms with van der Waals surface area (Å²) >= 11 is 0. The lowest BCUT2D eigenvalue weighted by Gasteiger charge is -2.18. The molecule has 7 heteroatoms. The highest BCUT2D eigenvalue weighted by molar-refractivity contribution is 5.94. The number of aromatic nitrogens is 3. The molecule has 1 aromatic carbocycles. The Morgan fingerprint density at radius 2 is 2.12 bits per heavy atom. The summed E-state index contributed by atoms with van der Waals surface area (Å²) in [5.74, 6) is -0.118. The number of carbonyl (C=O) groups is 1. The number of nitrogens with one attached hydrogen (secondary N) is 1. The fourth-order valence-corrected chi connectivity index (χ4v) is 2.92. The topological polar surface area (TPSA) is 77.6 Å². The Balaban J connectivity index is 2.18. The first-order chi connectivity index (χ1) is 11.5. The number of aryl methyl sites for hydroxylation is 1. The Bertz CT molecular complexity index is 958. The van der Waals surface area contributed by atoms with Gasteiger partial charge in [0.1, 0.15) is 6.04 Å². The summed E-state index contributed by atoms with van der Waals surface area (Å²) in [4.78, 5) is 28.4. The highest BCUT2D eigenvalue weighted by Gasteiger charge is 2.21. The zero-order valence-electron chi connectivity index (χ0n) is 13.9. The van der Waals surface area contributed by atoms with E-state index in [0.717, 1.165) is 16.6 Å². The summed E-state index contributed by atoms with van der Waals surface area (Å²) in [5.41, 5.74) is 1.87. The monoisotopic (exact) mass is 328 g/mol. The van der Waals surface area contributed by atoms with Crippen LogP contribution in [0.25, 0.3) is 16.6 Å². The average molecular weight is 328 g/mol. The van der Waals surface area contributed by atoms with E-state index < -0.39 is 6.04 Å². The second-order valence-electron chi connectivity index (χ2n) is 5.69. The average Bonchev–Trinajstić information content (AvgIpc) is 2.89. The number of hydrogen-bond donors (Lipinski definition) is 1. The Hall–Kier alpha value is -2.67. The maximum absolute atomic E-state index is 12.5. The number of carbonyl (C=O) groups excluding carboxylic acids is 1. The molecule has 0 aliphatic carbocycles. The summed E-state index contributed by atoms with van der Waals surface area (Å²) < 4.78 is 8.66. The molecule has 24 heavy (non-hydrogen) atoms. The molecule has 0 spiro atoms. The van der Waals surface area contributed by atoms with Crippen LogP contribution in [0.15, 0.2) is 35.1 Å². The van der Waals surface area contributed by atoms with Crippen molar-refractivity contribution < 1.29 is 9.53 Å². The summed E-state index contributed by atoms with van der Waals surface area (Å²) in [7, 11) is 1.59. The van der Waals surface area contributed by atoms with Crippen molar-refractivity contribution in [2.24, 2.45) is 0 Å². The molecule has 2 aromatic heterocycles. The molecule has 7 nitrogen and oxygen atoms in total. The van der Waals surface area contributed by atoms with Crippen LogP contribution in [0.2, 0.25) is 0 Å². The van der Waals surface area contributed by atoms with Gasteiger partial charge in [-0.2, -0.15) is 4.98 Å². The van der Waals surface area contributed by atoms with Crippen LogP contribution in [0, 0.1) is 6.92 Å². The van der Waals surface area contributed by atoms with Crippen molar-refractivity contribution in [2.45, 2.75) is 19.9 Å². The van der Waals surface area contributed by atoms with Crippen LogP contribution in [0.5, 0.6) is 0 Å². The van der Waals surface area contributed by atoms with Gasteiger partial charge in [0.05, 0.1) is 12.1 Å². The Morgan fingerprint density at radius 3 is 2.88 bits per heavy atom. The van der Waals surface area contributed by atoms with Gasteiger partial charge in [-0.05, 0) is 26.0 Å². The van der Waals surface area contributed by atoms with Crippen LogP contribution in [0.3, 0.4) is 0 Å². The minimum atomic E-state index is -0.466. The van der Waals surface area contributed by atoms with Gasteiger partial charge in [-0.3, -0.25) is 14.3 Å². The minimum absolute atomic E-state index is 0.118. The van der Waals surface area contributed by atoms with Gasteiger partial charge < -0.3 is 10.1 Å². The molecule has 2 heterocycles. The van der Waals surface area contributed by atoms with Gasteiger partial charge in [-0.25, -0.2) is 4.52 Å². The molecular weight excluding hydrogens is 308 g/mol. The molecule has 1 amide bonds. The van der Waals surface area contributed by atoms with E-state index in [2.05, 4.69) is 10.3 Å². The van der Waals surface area contributed by atoms with E-state index in [4.69, 9.17) is 4.74 Å². The Kier molecular flexibility index (Phi) is 4.35. The summed E-state index contributed by atoms with van der Waals surface area (Å²) in [6.07, 6.45) is 0. The second-order valence-corrected chi connectivity index (χ2v) is 5.69. The zero-order valence-corrected chi connectivity index (χ0v) is 13.9. The molecule has 0 fully saturated rings. The smallest absolute Gasteiger partial charge is 0.273 e. The van der Waals surface area contributed by atoms with E-state index in [1.807, 2.05) is 47.3 Å². The van der Waals surface area contributed by atoms with Crippen LogP contribution in [-0.4, -0.2) is 40.3 Å². The van der Waals surface area contributed by atoms with E-state index in [-0.39, 0.29) is 11.5 Å². The first-order valence-electron chi connectivity index (χ1n) is 7.81. The van der Waals surface area contributed by atoms with Crippen molar-refractivity contribution in [1.82, 2.24) is 19.5 Å². The van der Waals surface area contributed by atoms with Crippen molar-refractivity contribution in [3.05, 3.63) is 46.4 Å². The van der Waals surface area contributed by atoms with Gasteiger partial charge >= 0.3 is 0 Å². The van der Waals surface area contributed by atoms with Crippen LogP contribution in [-0.2, 0) is 9.53 Å². The molecule has 3 aromatic rings. The molecule has 126 valence electrons. The number of methoxy groups -OCH3 is 1. The second kappa shape index (κ2) is 6.45. The van der Waals surface area contributed by atoms with E-state index in [1.54, 1.807) is 7.11 Å². The lowest BCUT2D eigenvalue weighted by molar-refractivity contribution is -0.124. The van der Waals surface area contributed by atoms with E-state index in [0.29, 0.717) is 18.8 Å². The standard InChI is InChI=1S/C17H20N4O3/c1-11-10-15(22)19-16-13-6-4-5-7-14(13)21(20(11)16)12(2)17(23)18-8-9-24-3/h4-7,10,12H,8-9H2,1-3H3,(H,18,23)/t12-/m0/s1. The van der Waals surface area contributed by atoms with Crippen molar-refractivity contribution in [3.8, 4) is 0 Å². The van der Waals surface area contributed by atoms with Crippen molar-refractivity contribution in [1.29, 1.82) is 0 Å². The molecule has 0 aliphatic heterocycles. The highest BCUT2D eigenvalue weighted by Crippen LogP contribution is 2.24. The fraction of sp³-hybridized carbons (Fsp3) is 0.353. The number of nitrogens with zero attached hydrogens (tertiary/aromatic N) is 3. The van der Waals surface area contributed by atoms with E-state index in [1.165, 1.54) is 6.07 Å². The van der Waals surface area contributed by atoms with Gasteiger partial charge in [0.2, 0.25) is 5.91 Å². The minimum Gasteiger partial charge on any atom is -0.383 e. The molecule has 0 saturated heterocycles. The zero-order chi connectivity index (χ0) is 17.3. The predicted octanol–water partition coefficient (Wildman–Crippen LogP) is 1.28. The fourth-order valence-electron chi connectivity index (χ4n) is 2.92. The number of rotatable bonds is 5. The number of amides is 1. The van der Waals surface area contributed by atoms with Gasteiger partial charge in [-0.1, -0.05) is 12.1 Å². The molecule has 1 N–H and O–H groups in total. The molecule has 0 radical (unpaired) electrons. The van der Waals surface area contributed by atoms with Crippen LogP contribution in [0.1, 0.15) is 18.7 Å². The maximum Gasteiger partial charge on any atom is 0.273 e. The third-order valence-corrected chi connectivity index (χ3v) is 4.04. The lowest BCUT2D eigenvalue weighted by Crippen LogP contribution is -2.34. The van der Waals surface area contributed by atoms with Crippen molar-refractivity contribution in [3.63, 3.8) is 0 Å². The normalized spacial score (nSPS) is 12.6. The molecule has 3 rings (SSSR count). The molecule has 0 bridgehead atoms. The summed E-state index contributed by atoms with van der Waals surface area (Å²) in [6.45, 7) is 4.56. The number of fused-ring (bicyclic) bond motifs is 3. The molecular formula is C17H20N4O3. The lowest BCUT2D eigenvalue weighted by atomic mass is 10.2. The van der Waals surface area contributed by atoms with Gasteiger partial charge in [0, 0.05) is 30.8 Å². The third-order valence-electron chi connectivity index (χ3n) is 4.04. The SMILES string of the molecule is COCCNC(=O)[C@H](C)n1c2ccccc2c2nc(=O)cc(C)n21. The first-order valence-corrected chi connectivity index (χ1v) is 7.81. The van der Waals surface area contributed by atoms with Crippen LogP contribution >= 0.6 is 0 Å². The van der Waals surface area contributed by atoms with Crippen LogP contribution < -0.4 is 10.9 Å². The van der Waals surface area contributed by atoms with Gasteiger partial charge in [-0.15, -0.1) is 0 Å². The third kappa shape index (κ3) is 2.67. The number of ether oxygens (including phenoxy) is 1. The first kappa shape index (κ1) is 16.2. The maximum atomic E-state index is 12.5. The van der Waals surface area contributed by atoms with Crippen molar-refractivity contribution >= 4 is 22.5 Å². The molecule has 0 saturated carbocycles.